The highest BCUT2D eigenvalue weighted by atomic mass is 32.2. The van der Waals surface area contributed by atoms with Crippen molar-refractivity contribution in [2.45, 2.75) is 11.8 Å². The van der Waals surface area contributed by atoms with E-state index in [2.05, 4.69) is 9.71 Å². The Morgan fingerprint density at radius 1 is 0.906 bits per heavy atom. The van der Waals surface area contributed by atoms with Crippen molar-refractivity contribution in [3.63, 3.8) is 0 Å². The summed E-state index contributed by atoms with van der Waals surface area (Å²) in [4.78, 5) is 24.1. The van der Waals surface area contributed by atoms with E-state index in [1.165, 1.54) is 42.5 Å². The first-order valence-electron chi connectivity index (χ1n) is 9.62. The van der Waals surface area contributed by atoms with Gasteiger partial charge in [-0.15, -0.1) is 0 Å². The third-order valence-corrected chi connectivity index (χ3v) is 6.23. The van der Waals surface area contributed by atoms with Gasteiger partial charge < -0.3 is 10.4 Å². The zero-order valence-electron chi connectivity index (χ0n) is 16.9. The highest BCUT2D eigenvalue weighted by Crippen LogP contribution is 2.25. The summed E-state index contributed by atoms with van der Waals surface area (Å²) in [5.41, 5.74) is 2.50. The lowest BCUT2D eigenvalue weighted by Gasteiger charge is -2.19. The summed E-state index contributed by atoms with van der Waals surface area (Å²) in [6, 6.07) is 18.9. The van der Waals surface area contributed by atoms with Crippen LogP contribution in [0.4, 0.5) is 5.69 Å². The fraction of sp³-hybridized carbons (Fsp3) is 0.0417. The van der Waals surface area contributed by atoms with Gasteiger partial charge in [0.25, 0.3) is 10.0 Å². The van der Waals surface area contributed by atoms with Crippen LogP contribution in [0.2, 0.25) is 0 Å². The van der Waals surface area contributed by atoms with E-state index in [0.717, 1.165) is 5.56 Å². The van der Waals surface area contributed by atoms with E-state index in [4.69, 9.17) is 5.11 Å². The van der Waals surface area contributed by atoms with Gasteiger partial charge in [0, 0.05) is 16.8 Å². The Kier molecular flexibility index (Phi) is 5.46. The van der Waals surface area contributed by atoms with E-state index < -0.39 is 16.0 Å². The number of hydrogen-bond acceptors (Lipinski definition) is 5. The van der Waals surface area contributed by atoms with Crippen LogP contribution in [0.1, 0.15) is 31.8 Å². The number of Topliss-reactive ketones (excluding diaryl/α,β-unsaturated/α-hetero) is 1. The van der Waals surface area contributed by atoms with Gasteiger partial charge in [0.15, 0.2) is 0 Å². The summed E-state index contributed by atoms with van der Waals surface area (Å²) in [5, 5.41) is 12.0. The van der Waals surface area contributed by atoms with Crippen LogP contribution in [-0.2, 0) is 10.0 Å². The maximum Gasteiger partial charge on any atom is 0.335 e. The molecule has 0 bridgehead atoms. The number of aryl methyl sites for hydroxylation is 1. The maximum atomic E-state index is 13.0. The Labute approximate surface area is 184 Å². The van der Waals surface area contributed by atoms with Crippen molar-refractivity contribution in [3.8, 4) is 0 Å². The van der Waals surface area contributed by atoms with Gasteiger partial charge in [-0.05, 0) is 49.4 Å². The molecular weight excluding hydrogens is 428 g/mol. The topological polar surface area (TPSA) is 113 Å². The SMILES string of the molecule is Cc1ccc(S(=O)(=O)N=C2C=C(Nc3ccc(C(=O)O)cc3)C(=O)c3ccccc32)cc1. The van der Waals surface area contributed by atoms with Crippen LogP contribution >= 0.6 is 0 Å². The number of carbonyl (C=O) groups excluding carboxylic acids is 1. The largest absolute Gasteiger partial charge is 0.478 e. The number of sulfonamides is 1. The number of fused-ring (bicyclic) bond motifs is 1. The van der Waals surface area contributed by atoms with Gasteiger partial charge in [-0.3, -0.25) is 4.79 Å². The Bertz CT molecular complexity index is 1390. The third-order valence-electron chi connectivity index (χ3n) is 4.92. The standard InChI is InChI=1S/C24H18N2O5S/c1-15-6-12-18(13-7-15)32(30,31)26-21-14-22(23(27)20-5-3-2-4-19(20)21)25-17-10-8-16(9-11-17)24(28)29/h2-14,25H,1H3,(H,28,29). The van der Waals surface area contributed by atoms with Crippen molar-refractivity contribution in [3.05, 3.63) is 107 Å². The molecule has 4 rings (SSSR count). The van der Waals surface area contributed by atoms with Crippen molar-refractivity contribution >= 4 is 33.2 Å². The molecule has 8 heteroatoms. The number of nitrogens with zero attached hydrogens (tertiary/aromatic N) is 1. The van der Waals surface area contributed by atoms with Gasteiger partial charge in [0.1, 0.15) is 0 Å². The lowest BCUT2D eigenvalue weighted by molar-refractivity contribution is 0.0696. The molecule has 32 heavy (non-hydrogen) atoms. The van der Waals surface area contributed by atoms with Crippen molar-refractivity contribution < 1.29 is 23.1 Å². The predicted molar refractivity (Wildman–Crippen MR) is 121 cm³/mol. The number of ketones is 1. The molecule has 0 saturated heterocycles. The van der Waals surface area contributed by atoms with Gasteiger partial charge in [0.2, 0.25) is 5.78 Å². The molecule has 1 aliphatic rings. The first-order chi connectivity index (χ1) is 15.2. The molecule has 0 unspecified atom stereocenters. The fourth-order valence-electron chi connectivity index (χ4n) is 3.24. The molecule has 0 spiro atoms. The zero-order valence-corrected chi connectivity index (χ0v) is 17.8. The zero-order chi connectivity index (χ0) is 22.9. The molecule has 0 saturated carbocycles. The summed E-state index contributed by atoms with van der Waals surface area (Å²) < 4.78 is 29.8. The molecule has 3 aromatic rings. The Balaban J connectivity index is 1.76. The third kappa shape index (κ3) is 4.21. The van der Waals surface area contributed by atoms with E-state index in [9.17, 15) is 18.0 Å². The van der Waals surface area contributed by atoms with Crippen molar-refractivity contribution in [1.82, 2.24) is 0 Å². The number of carbonyl (C=O) groups is 2. The Morgan fingerprint density at radius 3 is 2.16 bits per heavy atom. The van der Waals surface area contributed by atoms with E-state index >= 15 is 0 Å². The van der Waals surface area contributed by atoms with Crippen LogP contribution < -0.4 is 5.32 Å². The lowest BCUT2D eigenvalue weighted by Crippen LogP contribution is -2.22. The smallest absolute Gasteiger partial charge is 0.335 e. The molecule has 7 nitrogen and oxygen atoms in total. The van der Waals surface area contributed by atoms with Crippen LogP contribution in [0.15, 0.2) is 93.9 Å². The first-order valence-corrected chi connectivity index (χ1v) is 11.1. The Hall–Kier alpha value is -4.04. The second kappa shape index (κ2) is 8.24. The number of aromatic carboxylic acids is 1. The maximum absolute atomic E-state index is 13.0. The van der Waals surface area contributed by atoms with Gasteiger partial charge in [-0.2, -0.15) is 12.8 Å². The summed E-state index contributed by atoms with van der Waals surface area (Å²) in [5.74, 6) is -1.39. The second-order valence-corrected chi connectivity index (χ2v) is 8.81. The summed E-state index contributed by atoms with van der Waals surface area (Å²) in [7, 11) is -4.01. The molecular formula is C24H18N2O5S. The molecule has 160 valence electrons. The van der Waals surface area contributed by atoms with Crippen molar-refractivity contribution in [2.75, 3.05) is 5.32 Å². The minimum atomic E-state index is -4.01. The molecule has 0 aliphatic heterocycles. The van der Waals surface area contributed by atoms with Gasteiger partial charge in [-0.25, -0.2) is 4.79 Å². The van der Waals surface area contributed by atoms with Crippen LogP contribution in [0.25, 0.3) is 0 Å². The highest BCUT2D eigenvalue weighted by molar-refractivity contribution is 7.90. The lowest BCUT2D eigenvalue weighted by atomic mass is 9.92. The van der Waals surface area contributed by atoms with Gasteiger partial charge in [-0.1, -0.05) is 42.0 Å². The Morgan fingerprint density at radius 2 is 1.53 bits per heavy atom. The molecule has 2 N–H and O–H groups in total. The number of allylic oxidation sites excluding steroid dienone is 2. The number of rotatable bonds is 5. The predicted octanol–water partition coefficient (Wildman–Crippen LogP) is 4.06. The van der Waals surface area contributed by atoms with Crippen molar-refractivity contribution in [2.24, 2.45) is 4.40 Å². The number of carboxylic acid groups (broad SMARTS) is 1. The number of nitrogens with one attached hydrogen (secondary N) is 1. The highest BCUT2D eigenvalue weighted by Gasteiger charge is 2.26. The molecule has 0 amide bonds. The quantitative estimate of drug-likeness (QED) is 0.611. The average molecular weight is 446 g/mol. The number of benzene rings is 3. The number of carboxylic acids is 1. The molecule has 0 radical (unpaired) electrons. The molecule has 3 aromatic carbocycles. The van der Waals surface area contributed by atoms with E-state index in [0.29, 0.717) is 16.8 Å². The van der Waals surface area contributed by atoms with Gasteiger partial charge in [0.05, 0.1) is 21.9 Å². The number of hydrogen-bond donors (Lipinski definition) is 2. The summed E-state index contributed by atoms with van der Waals surface area (Å²) >= 11 is 0. The summed E-state index contributed by atoms with van der Waals surface area (Å²) in [6.45, 7) is 1.86. The fourth-order valence-corrected chi connectivity index (χ4v) is 4.24. The monoisotopic (exact) mass is 446 g/mol. The van der Waals surface area contributed by atoms with E-state index in [1.807, 2.05) is 6.92 Å². The molecule has 1 aliphatic carbocycles. The number of anilines is 1. The van der Waals surface area contributed by atoms with Crippen LogP contribution in [-0.4, -0.2) is 31.0 Å². The van der Waals surface area contributed by atoms with Gasteiger partial charge >= 0.3 is 5.97 Å². The molecule has 0 aromatic heterocycles. The van der Waals surface area contributed by atoms with Crippen LogP contribution in [0, 0.1) is 6.92 Å². The van der Waals surface area contributed by atoms with Crippen LogP contribution in [0.3, 0.4) is 0 Å². The van der Waals surface area contributed by atoms with E-state index in [1.54, 1.807) is 36.4 Å². The second-order valence-electron chi connectivity index (χ2n) is 7.20. The minimum Gasteiger partial charge on any atom is -0.478 e. The minimum absolute atomic E-state index is 0.0529. The molecule has 0 atom stereocenters. The van der Waals surface area contributed by atoms with E-state index in [-0.39, 0.29) is 27.7 Å². The normalized spacial score (nSPS) is 14.6. The summed E-state index contributed by atoms with van der Waals surface area (Å²) in [6.07, 6.45) is 1.39. The first kappa shape index (κ1) is 21.2. The molecule has 0 fully saturated rings. The van der Waals surface area contributed by atoms with Crippen LogP contribution in [0.5, 0.6) is 0 Å². The van der Waals surface area contributed by atoms with Crippen molar-refractivity contribution in [1.29, 1.82) is 0 Å². The average Bonchev–Trinajstić information content (AvgIpc) is 2.77. The molecule has 0 heterocycles.